The highest BCUT2D eigenvalue weighted by Gasteiger charge is 2.35. The average molecular weight is 313 g/mol. The zero-order valence-corrected chi connectivity index (χ0v) is 11.7. The first-order valence-electron chi connectivity index (χ1n) is 5.45. The van der Waals surface area contributed by atoms with Crippen LogP contribution in [-0.4, -0.2) is 36.6 Å². The molecule has 6 heteroatoms. The van der Waals surface area contributed by atoms with Crippen molar-refractivity contribution in [3.8, 4) is 0 Å². The molecule has 0 aliphatic carbocycles. The highest BCUT2D eigenvalue weighted by atomic mass is 79.9. The van der Waals surface area contributed by atoms with E-state index in [9.17, 15) is 9.59 Å². The van der Waals surface area contributed by atoms with Crippen molar-refractivity contribution in [2.24, 2.45) is 0 Å². The topological polar surface area (TPSA) is 58.6 Å². The van der Waals surface area contributed by atoms with Crippen LogP contribution in [0.5, 0.6) is 0 Å². The van der Waals surface area contributed by atoms with Crippen LogP contribution in [0, 0.1) is 6.92 Å². The highest BCUT2D eigenvalue weighted by Crippen LogP contribution is 2.24. The maximum atomic E-state index is 12.0. The van der Waals surface area contributed by atoms with E-state index in [0.717, 1.165) is 10.0 Å². The molecule has 0 spiro atoms. The maximum Gasteiger partial charge on any atom is 0.410 e. The summed E-state index contributed by atoms with van der Waals surface area (Å²) in [5.74, 6) is -0.257. The smallest absolute Gasteiger partial charge is 0.410 e. The largest absolute Gasteiger partial charge is 0.447 e. The monoisotopic (exact) mass is 312 g/mol. The molecule has 1 heterocycles. The number of amides is 2. The number of nitrogens with one attached hydrogen (secondary N) is 1. The number of cyclic esters (lactones) is 1. The fourth-order valence-electron chi connectivity index (χ4n) is 1.68. The molecule has 5 nitrogen and oxygen atoms in total. The van der Waals surface area contributed by atoms with Crippen LogP contribution in [0.2, 0.25) is 0 Å². The number of carbonyl (C=O) groups excluding carboxylic acids is 2. The molecular formula is C12H13BrN2O3. The van der Waals surface area contributed by atoms with Gasteiger partial charge in [0.05, 0.1) is 5.69 Å². The summed E-state index contributed by atoms with van der Waals surface area (Å²) < 4.78 is 5.61. The van der Waals surface area contributed by atoms with E-state index in [2.05, 4.69) is 21.2 Å². The van der Waals surface area contributed by atoms with Crippen molar-refractivity contribution >= 4 is 33.6 Å². The van der Waals surface area contributed by atoms with Crippen LogP contribution in [0.15, 0.2) is 22.7 Å². The Morgan fingerprint density at radius 3 is 2.83 bits per heavy atom. The summed E-state index contributed by atoms with van der Waals surface area (Å²) in [7, 11) is 1.55. The minimum Gasteiger partial charge on any atom is -0.447 e. The predicted octanol–water partition coefficient (Wildman–Crippen LogP) is 2.15. The van der Waals surface area contributed by atoms with Crippen molar-refractivity contribution in [2.45, 2.75) is 13.0 Å². The molecule has 1 unspecified atom stereocenters. The van der Waals surface area contributed by atoms with E-state index in [0.29, 0.717) is 5.69 Å². The molecule has 0 bridgehead atoms. The third-order valence-corrected chi connectivity index (χ3v) is 3.46. The van der Waals surface area contributed by atoms with Crippen LogP contribution in [0.1, 0.15) is 5.56 Å². The van der Waals surface area contributed by atoms with Crippen molar-refractivity contribution < 1.29 is 14.3 Å². The Balaban J connectivity index is 2.10. The summed E-state index contributed by atoms with van der Waals surface area (Å²) in [4.78, 5) is 24.5. The zero-order chi connectivity index (χ0) is 13.3. The summed E-state index contributed by atoms with van der Waals surface area (Å²) in [5.41, 5.74) is 1.77. The molecular weight excluding hydrogens is 300 g/mol. The zero-order valence-electron chi connectivity index (χ0n) is 10.1. The molecule has 1 saturated heterocycles. The van der Waals surface area contributed by atoms with E-state index < -0.39 is 12.1 Å². The number of hydrogen-bond donors (Lipinski definition) is 1. The van der Waals surface area contributed by atoms with Crippen molar-refractivity contribution in [1.82, 2.24) is 4.90 Å². The minimum absolute atomic E-state index is 0.0879. The van der Waals surface area contributed by atoms with Crippen molar-refractivity contribution in [3.63, 3.8) is 0 Å². The van der Waals surface area contributed by atoms with Crippen LogP contribution in [0.4, 0.5) is 10.5 Å². The van der Waals surface area contributed by atoms with Gasteiger partial charge in [0.25, 0.3) is 5.91 Å². The van der Waals surface area contributed by atoms with Crippen molar-refractivity contribution in [1.29, 1.82) is 0 Å². The van der Waals surface area contributed by atoms with E-state index in [1.54, 1.807) is 7.05 Å². The van der Waals surface area contributed by atoms with Gasteiger partial charge in [-0.25, -0.2) is 4.79 Å². The van der Waals surface area contributed by atoms with E-state index in [4.69, 9.17) is 4.74 Å². The van der Waals surface area contributed by atoms with Gasteiger partial charge in [-0.2, -0.15) is 0 Å². The molecule has 1 fully saturated rings. The van der Waals surface area contributed by atoms with Gasteiger partial charge in [-0.15, -0.1) is 0 Å². The van der Waals surface area contributed by atoms with Gasteiger partial charge in [0.15, 0.2) is 0 Å². The Morgan fingerprint density at radius 1 is 1.56 bits per heavy atom. The Bertz CT molecular complexity index is 504. The van der Waals surface area contributed by atoms with Crippen LogP contribution in [0.3, 0.4) is 0 Å². The standard InChI is InChI=1S/C12H13BrN2O3/c1-7-3-4-9(8(13)5-7)14-11(16)10-6-18-12(17)15(10)2/h3-5,10H,6H2,1-2H3,(H,14,16). The molecule has 1 atom stereocenters. The molecule has 1 aromatic rings. The number of ether oxygens (including phenoxy) is 1. The first-order chi connectivity index (χ1) is 8.49. The molecule has 2 rings (SSSR count). The Morgan fingerprint density at radius 2 is 2.28 bits per heavy atom. The highest BCUT2D eigenvalue weighted by molar-refractivity contribution is 9.10. The summed E-state index contributed by atoms with van der Waals surface area (Å²) in [5, 5.41) is 2.77. The number of likely N-dealkylation sites (N-methyl/N-ethyl adjacent to an activating group) is 1. The van der Waals surface area contributed by atoms with Crippen molar-refractivity contribution in [2.75, 3.05) is 19.0 Å². The van der Waals surface area contributed by atoms with Gasteiger partial charge in [-0.1, -0.05) is 6.07 Å². The lowest BCUT2D eigenvalue weighted by molar-refractivity contribution is -0.119. The molecule has 2 amide bonds. The molecule has 0 radical (unpaired) electrons. The van der Waals surface area contributed by atoms with Gasteiger partial charge < -0.3 is 10.1 Å². The Labute approximate surface area is 113 Å². The number of hydrogen-bond acceptors (Lipinski definition) is 3. The average Bonchev–Trinajstić information content (AvgIpc) is 2.64. The van der Waals surface area contributed by atoms with E-state index in [1.165, 1.54) is 4.90 Å². The number of nitrogens with zero attached hydrogens (tertiary/aromatic N) is 1. The SMILES string of the molecule is Cc1ccc(NC(=O)C2COC(=O)N2C)c(Br)c1. The van der Waals surface area contributed by atoms with Crippen LogP contribution >= 0.6 is 15.9 Å². The molecule has 18 heavy (non-hydrogen) atoms. The Kier molecular flexibility index (Phi) is 3.56. The van der Waals surface area contributed by atoms with Gasteiger partial charge in [0.1, 0.15) is 12.6 Å². The quantitative estimate of drug-likeness (QED) is 0.910. The second-order valence-corrected chi connectivity index (χ2v) is 5.03. The fraction of sp³-hybridized carbons (Fsp3) is 0.333. The van der Waals surface area contributed by atoms with Crippen molar-refractivity contribution in [3.05, 3.63) is 28.2 Å². The maximum absolute atomic E-state index is 12.0. The molecule has 96 valence electrons. The predicted molar refractivity (Wildman–Crippen MR) is 70.4 cm³/mol. The van der Waals surface area contributed by atoms with Gasteiger partial charge in [-0.05, 0) is 40.5 Å². The number of rotatable bonds is 2. The first-order valence-corrected chi connectivity index (χ1v) is 6.25. The van der Waals surface area contributed by atoms with Gasteiger partial charge in [0.2, 0.25) is 0 Å². The number of anilines is 1. The van der Waals surface area contributed by atoms with E-state index in [1.807, 2.05) is 25.1 Å². The molecule has 0 saturated carbocycles. The fourth-order valence-corrected chi connectivity index (χ4v) is 2.27. The lowest BCUT2D eigenvalue weighted by Crippen LogP contribution is -2.40. The normalized spacial score (nSPS) is 18.7. The summed E-state index contributed by atoms with van der Waals surface area (Å²) in [6.07, 6.45) is -0.474. The molecule has 0 aromatic heterocycles. The second kappa shape index (κ2) is 4.97. The number of aryl methyl sites for hydroxylation is 1. The van der Waals surface area contributed by atoms with Gasteiger partial charge >= 0.3 is 6.09 Å². The molecule has 1 aliphatic heterocycles. The lowest BCUT2D eigenvalue weighted by atomic mass is 10.2. The molecule has 1 aliphatic rings. The van der Waals surface area contributed by atoms with Crippen LogP contribution in [-0.2, 0) is 9.53 Å². The summed E-state index contributed by atoms with van der Waals surface area (Å²) in [6.45, 7) is 2.05. The second-order valence-electron chi connectivity index (χ2n) is 4.18. The van der Waals surface area contributed by atoms with Crippen LogP contribution in [0.25, 0.3) is 0 Å². The van der Waals surface area contributed by atoms with E-state index in [-0.39, 0.29) is 12.5 Å². The number of carbonyl (C=O) groups is 2. The molecule has 1 N–H and O–H groups in total. The Hall–Kier alpha value is -1.56. The third-order valence-electron chi connectivity index (χ3n) is 2.81. The number of halogens is 1. The minimum atomic E-state index is -0.578. The first kappa shape index (κ1) is 12.9. The number of benzene rings is 1. The third kappa shape index (κ3) is 2.48. The molecule has 1 aromatic carbocycles. The lowest BCUT2D eigenvalue weighted by Gasteiger charge is -2.16. The van der Waals surface area contributed by atoms with Gasteiger partial charge in [-0.3, -0.25) is 9.69 Å². The summed E-state index contributed by atoms with van der Waals surface area (Å²) in [6, 6.07) is 5.05. The van der Waals surface area contributed by atoms with Gasteiger partial charge in [0, 0.05) is 11.5 Å². The van der Waals surface area contributed by atoms with E-state index >= 15 is 0 Å². The summed E-state index contributed by atoms with van der Waals surface area (Å²) >= 11 is 3.38. The van der Waals surface area contributed by atoms with Crippen LogP contribution < -0.4 is 5.32 Å².